The molecule has 0 saturated carbocycles. The summed E-state index contributed by atoms with van der Waals surface area (Å²) in [6, 6.07) is 2.73. The van der Waals surface area contributed by atoms with Gasteiger partial charge in [-0.1, -0.05) is 0 Å². The minimum absolute atomic E-state index is 0.650. The Balaban J connectivity index is 2.13. The van der Waals surface area contributed by atoms with Crippen LogP contribution in [0.15, 0.2) is 6.07 Å². The van der Waals surface area contributed by atoms with E-state index in [4.69, 9.17) is 0 Å². The van der Waals surface area contributed by atoms with Crippen LogP contribution in [0.2, 0.25) is 0 Å². The molecule has 1 saturated heterocycles. The van der Waals surface area contributed by atoms with E-state index in [9.17, 15) is 0 Å². The summed E-state index contributed by atoms with van der Waals surface area (Å²) >= 11 is 0. The van der Waals surface area contributed by atoms with Crippen molar-refractivity contribution in [3.05, 3.63) is 11.9 Å². The molecule has 0 unspecified atom stereocenters. The third-order valence-electron chi connectivity index (χ3n) is 3.50. The van der Waals surface area contributed by atoms with Crippen LogP contribution in [-0.4, -0.2) is 50.2 Å². The second-order valence-corrected chi connectivity index (χ2v) is 5.08. The van der Waals surface area contributed by atoms with E-state index in [1.165, 1.54) is 12.8 Å². The van der Waals surface area contributed by atoms with Crippen molar-refractivity contribution in [2.45, 2.75) is 25.8 Å². The molecular weight excluding hydrogens is 226 g/mol. The summed E-state index contributed by atoms with van der Waals surface area (Å²) in [5, 5.41) is 3.35. The van der Waals surface area contributed by atoms with Gasteiger partial charge < -0.3 is 15.1 Å². The number of hydrogen-bond acceptors (Lipinski definition) is 5. The Morgan fingerprint density at radius 3 is 2.50 bits per heavy atom. The molecule has 1 aromatic heterocycles. The standard InChI is InChI=1S/C13H23N5/c1-10-15-12(17(3)4)9-13(16-10)18-7-5-11(14-2)6-8-18/h9,11,14H,5-8H2,1-4H3. The predicted molar refractivity (Wildman–Crippen MR) is 75.4 cm³/mol. The van der Waals surface area contributed by atoms with Gasteiger partial charge in [0.2, 0.25) is 0 Å². The highest BCUT2D eigenvalue weighted by Gasteiger charge is 2.19. The number of nitrogens with one attached hydrogen (secondary N) is 1. The minimum Gasteiger partial charge on any atom is -0.363 e. The van der Waals surface area contributed by atoms with E-state index < -0.39 is 0 Å². The van der Waals surface area contributed by atoms with E-state index in [-0.39, 0.29) is 0 Å². The highest BCUT2D eigenvalue weighted by Crippen LogP contribution is 2.21. The van der Waals surface area contributed by atoms with Gasteiger partial charge in [0.15, 0.2) is 0 Å². The van der Waals surface area contributed by atoms with Gasteiger partial charge in [-0.25, -0.2) is 9.97 Å². The second kappa shape index (κ2) is 5.52. The average Bonchev–Trinajstić information content (AvgIpc) is 2.38. The Kier molecular flexibility index (Phi) is 4.01. The maximum atomic E-state index is 4.56. The number of anilines is 2. The first kappa shape index (κ1) is 13.1. The number of nitrogens with zero attached hydrogens (tertiary/aromatic N) is 4. The molecule has 0 amide bonds. The van der Waals surface area contributed by atoms with E-state index in [1.54, 1.807) is 0 Å². The fraction of sp³-hybridized carbons (Fsp3) is 0.692. The third-order valence-corrected chi connectivity index (χ3v) is 3.50. The predicted octanol–water partition coefficient (Wildman–Crippen LogP) is 1.04. The Morgan fingerprint density at radius 1 is 1.28 bits per heavy atom. The molecule has 0 atom stereocenters. The number of rotatable bonds is 3. The molecule has 1 N–H and O–H groups in total. The molecule has 5 heteroatoms. The van der Waals surface area contributed by atoms with E-state index in [0.29, 0.717) is 6.04 Å². The molecule has 1 aliphatic rings. The van der Waals surface area contributed by atoms with Crippen LogP contribution in [0, 0.1) is 6.92 Å². The fourth-order valence-corrected chi connectivity index (χ4v) is 2.32. The largest absolute Gasteiger partial charge is 0.363 e. The van der Waals surface area contributed by atoms with Gasteiger partial charge in [0.1, 0.15) is 17.5 Å². The molecule has 0 spiro atoms. The van der Waals surface area contributed by atoms with Crippen molar-refractivity contribution in [2.75, 3.05) is 44.0 Å². The van der Waals surface area contributed by atoms with Crippen molar-refractivity contribution < 1.29 is 0 Å². The van der Waals surface area contributed by atoms with E-state index in [1.807, 2.05) is 33.0 Å². The van der Waals surface area contributed by atoms with Gasteiger partial charge in [-0.2, -0.15) is 0 Å². The molecule has 1 aliphatic heterocycles. The van der Waals surface area contributed by atoms with Gasteiger partial charge in [-0.15, -0.1) is 0 Å². The first-order valence-electron chi connectivity index (χ1n) is 6.55. The van der Waals surface area contributed by atoms with E-state index >= 15 is 0 Å². The van der Waals surface area contributed by atoms with Crippen molar-refractivity contribution in [3.8, 4) is 0 Å². The van der Waals surface area contributed by atoms with Gasteiger partial charge >= 0.3 is 0 Å². The summed E-state index contributed by atoms with van der Waals surface area (Å²) in [6.45, 7) is 4.08. The molecular formula is C13H23N5. The lowest BCUT2D eigenvalue weighted by Gasteiger charge is -2.33. The molecule has 0 aromatic carbocycles. The van der Waals surface area contributed by atoms with Gasteiger partial charge in [-0.05, 0) is 26.8 Å². The van der Waals surface area contributed by atoms with Gasteiger partial charge in [0.25, 0.3) is 0 Å². The number of piperidine rings is 1. The van der Waals surface area contributed by atoms with Crippen LogP contribution in [0.25, 0.3) is 0 Å². The number of aryl methyl sites for hydroxylation is 1. The minimum atomic E-state index is 0.650. The SMILES string of the molecule is CNC1CCN(c2cc(N(C)C)nc(C)n2)CC1. The zero-order chi connectivity index (χ0) is 13.1. The Bertz CT molecular complexity index is 396. The smallest absolute Gasteiger partial charge is 0.134 e. The van der Waals surface area contributed by atoms with Crippen LogP contribution in [-0.2, 0) is 0 Å². The van der Waals surface area contributed by atoms with E-state index in [2.05, 4.69) is 26.3 Å². The molecule has 0 radical (unpaired) electrons. The van der Waals surface area contributed by atoms with Crippen LogP contribution in [0.4, 0.5) is 11.6 Å². The van der Waals surface area contributed by atoms with Crippen molar-refractivity contribution in [1.82, 2.24) is 15.3 Å². The van der Waals surface area contributed by atoms with Crippen LogP contribution in [0.1, 0.15) is 18.7 Å². The van der Waals surface area contributed by atoms with Gasteiger partial charge in [-0.3, -0.25) is 0 Å². The average molecular weight is 249 g/mol. The van der Waals surface area contributed by atoms with Crippen LogP contribution in [0.3, 0.4) is 0 Å². The fourth-order valence-electron chi connectivity index (χ4n) is 2.32. The molecule has 1 aromatic rings. The lowest BCUT2D eigenvalue weighted by Crippen LogP contribution is -2.41. The molecule has 2 heterocycles. The lowest BCUT2D eigenvalue weighted by molar-refractivity contribution is 0.440. The highest BCUT2D eigenvalue weighted by atomic mass is 15.2. The van der Waals surface area contributed by atoms with Crippen molar-refractivity contribution in [3.63, 3.8) is 0 Å². The van der Waals surface area contributed by atoms with Gasteiger partial charge in [0.05, 0.1) is 0 Å². The zero-order valence-corrected chi connectivity index (χ0v) is 11.8. The van der Waals surface area contributed by atoms with E-state index in [0.717, 1.165) is 30.5 Å². The monoisotopic (exact) mass is 249 g/mol. The summed E-state index contributed by atoms with van der Waals surface area (Å²) in [5.74, 6) is 2.88. The van der Waals surface area contributed by atoms with Crippen LogP contribution < -0.4 is 15.1 Å². The van der Waals surface area contributed by atoms with Crippen LogP contribution in [0.5, 0.6) is 0 Å². The Labute approximate surface area is 109 Å². The van der Waals surface area contributed by atoms with Crippen molar-refractivity contribution in [2.24, 2.45) is 0 Å². The normalized spacial score (nSPS) is 17.0. The molecule has 5 nitrogen and oxygen atoms in total. The second-order valence-electron chi connectivity index (χ2n) is 5.08. The Hall–Kier alpha value is -1.36. The summed E-state index contributed by atoms with van der Waals surface area (Å²) in [5.41, 5.74) is 0. The molecule has 2 rings (SSSR count). The van der Waals surface area contributed by atoms with Crippen LogP contribution >= 0.6 is 0 Å². The maximum absolute atomic E-state index is 4.56. The highest BCUT2D eigenvalue weighted by molar-refractivity contribution is 5.50. The summed E-state index contributed by atoms with van der Waals surface area (Å²) < 4.78 is 0. The maximum Gasteiger partial charge on any atom is 0.134 e. The molecule has 100 valence electrons. The molecule has 0 bridgehead atoms. The summed E-state index contributed by atoms with van der Waals surface area (Å²) in [4.78, 5) is 13.4. The van der Waals surface area contributed by atoms with Gasteiger partial charge in [0, 0.05) is 39.3 Å². The van der Waals surface area contributed by atoms with Crippen molar-refractivity contribution >= 4 is 11.6 Å². The topological polar surface area (TPSA) is 44.3 Å². The first-order valence-corrected chi connectivity index (χ1v) is 6.55. The quantitative estimate of drug-likeness (QED) is 0.867. The van der Waals surface area contributed by atoms with Crippen molar-refractivity contribution in [1.29, 1.82) is 0 Å². The zero-order valence-electron chi connectivity index (χ0n) is 11.8. The first-order chi connectivity index (χ1) is 8.60. The summed E-state index contributed by atoms with van der Waals surface area (Å²) in [6.07, 6.45) is 2.35. The summed E-state index contributed by atoms with van der Waals surface area (Å²) in [7, 11) is 6.07. The molecule has 0 aliphatic carbocycles. The lowest BCUT2D eigenvalue weighted by atomic mass is 10.1. The number of aromatic nitrogens is 2. The third kappa shape index (κ3) is 2.90. The molecule has 18 heavy (non-hydrogen) atoms. The Morgan fingerprint density at radius 2 is 1.94 bits per heavy atom. The number of hydrogen-bond donors (Lipinski definition) is 1. The molecule has 1 fully saturated rings.